The number of esters is 1. The fourth-order valence-electron chi connectivity index (χ4n) is 3.04. The summed E-state index contributed by atoms with van der Waals surface area (Å²) in [6.07, 6.45) is 3.01. The molecule has 0 saturated carbocycles. The van der Waals surface area contributed by atoms with Crippen molar-refractivity contribution in [3.63, 3.8) is 0 Å². The highest BCUT2D eigenvalue weighted by atomic mass is 32.1. The van der Waals surface area contributed by atoms with Crippen molar-refractivity contribution in [2.75, 3.05) is 24.9 Å². The van der Waals surface area contributed by atoms with E-state index >= 15 is 0 Å². The van der Waals surface area contributed by atoms with Gasteiger partial charge in [0.1, 0.15) is 18.4 Å². The van der Waals surface area contributed by atoms with Crippen molar-refractivity contribution in [1.29, 1.82) is 0 Å². The Kier molecular flexibility index (Phi) is 6.64. The Balaban J connectivity index is 1.44. The van der Waals surface area contributed by atoms with Gasteiger partial charge in [-0.05, 0) is 54.6 Å². The smallest absolute Gasteiger partial charge is 0.340 e. The van der Waals surface area contributed by atoms with Crippen LogP contribution in [-0.2, 0) is 4.74 Å². The van der Waals surface area contributed by atoms with Crippen LogP contribution < -0.4 is 15.4 Å². The van der Waals surface area contributed by atoms with Crippen LogP contribution in [0.1, 0.15) is 29.7 Å². The van der Waals surface area contributed by atoms with E-state index in [0.717, 1.165) is 17.0 Å². The van der Waals surface area contributed by atoms with E-state index in [4.69, 9.17) is 9.47 Å². The van der Waals surface area contributed by atoms with E-state index < -0.39 is 11.9 Å². The molecule has 0 saturated heterocycles. The van der Waals surface area contributed by atoms with Crippen LogP contribution in [0.3, 0.4) is 0 Å². The van der Waals surface area contributed by atoms with E-state index in [1.165, 1.54) is 26.6 Å². The molecule has 172 valence electrons. The number of methoxy groups -OCH3 is 2. The lowest BCUT2D eigenvalue weighted by Crippen LogP contribution is -2.14. The topological polar surface area (TPSA) is 124 Å². The number of aromatic nitrogens is 3. The Morgan fingerprint density at radius 3 is 2.24 bits per heavy atom. The van der Waals surface area contributed by atoms with Crippen LogP contribution in [0, 0.1) is 0 Å². The van der Waals surface area contributed by atoms with Gasteiger partial charge in [0, 0.05) is 5.69 Å². The largest absolute Gasteiger partial charge is 0.497 e. The number of rotatable bonds is 7. The number of nitrogens with one attached hydrogen (secondary N) is 2. The molecule has 10 nitrogen and oxygen atoms in total. The SMILES string of the molecule is COC(=O)c1cc(OC)ccc1NC(=O)c1ccc(C(=O)Nc2ccc(-n3cncn3)cc2)s1. The molecule has 2 amide bonds. The molecular weight excluding hydrogens is 458 g/mol. The molecule has 2 heterocycles. The molecule has 0 bridgehead atoms. The summed E-state index contributed by atoms with van der Waals surface area (Å²) in [6.45, 7) is 0. The third kappa shape index (κ3) is 4.94. The third-order valence-corrected chi connectivity index (χ3v) is 5.83. The van der Waals surface area contributed by atoms with Gasteiger partial charge in [-0.1, -0.05) is 0 Å². The van der Waals surface area contributed by atoms with Crippen molar-refractivity contribution in [2.24, 2.45) is 0 Å². The number of anilines is 2. The number of benzene rings is 2. The molecule has 2 aromatic carbocycles. The summed E-state index contributed by atoms with van der Waals surface area (Å²) >= 11 is 1.03. The fraction of sp³-hybridized carbons (Fsp3) is 0.0870. The van der Waals surface area contributed by atoms with Crippen LogP contribution in [0.25, 0.3) is 5.69 Å². The van der Waals surface area contributed by atoms with Gasteiger partial charge >= 0.3 is 5.97 Å². The Hall–Kier alpha value is -4.51. The maximum atomic E-state index is 12.7. The molecule has 0 atom stereocenters. The summed E-state index contributed by atoms with van der Waals surface area (Å²) in [6, 6.07) is 14.8. The second-order valence-corrected chi connectivity index (χ2v) is 7.95. The molecule has 0 fully saturated rings. The second kappa shape index (κ2) is 9.96. The normalized spacial score (nSPS) is 10.4. The van der Waals surface area contributed by atoms with Gasteiger partial charge in [0.15, 0.2) is 0 Å². The first-order valence-electron chi connectivity index (χ1n) is 9.92. The minimum atomic E-state index is -0.615. The van der Waals surface area contributed by atoms with Crippen LogP contribution >= 0.6 is 11.3 Å². The molecule has 4 rings (SSSR count). The first-order chi connectivity index (χ1) is 16.5. The Bertz CT molecular complexity index is 1330. The van der Waals surface area contributed by atoms with Crippen LogP contribution in [0.2, 0.25) is 0 Å². The lowest BCUT2D eigenvalue weighted by Gasteiger charge is -2.10. The summed E-state index contributed by atoms with van der Waals surface area (Å²) in [5, 5.41) is 9.53. The quantitative estimate of drug-likeness (QED) is 0.390. The standard InChI is InChI=1S/C23H19N5O5S/c1-32-16-7-8-18(17(11-16)23(31)33-2)27-22(30)20-10-9-19(34-20)21(29)26-14-3-5-15(6-4-14)28-13-24-12-25-28/h3-13H,1-2H3,(H,26,29)(H,27,30). The van der Waals surface area contributed by atoms with Gasteiger partial charge in [-0.3, -0.25) is 9.59 Å². The van der Waals surface area contributed by atoms with Crippen molar-refractivity contribution in [1.82, 2.24) is 14.8 Å². The van der Waals surface area contributed by atoms with Crippen molar-refractivity contribution in [2.45, 2.75) is 0 Å². The minimum Gasteiger partial charge on any atom is -0.497 e. The van der Waals surface area contributed by atoms with E-state index in [1.807, 2.05) is 0 Å². The molecule has 0 aliphatic heterocycles. The summed E-state index contributed by atoms with van der Waals surface area (Å²) in [5.74, 6) is -0.980. The molecule has 0 aliphatic rings. The third-order valence-electron chi connectivity index (χ3n) is 4.74. The molecule has 0 radical (unpaired) electrons. The van der Waals surface area contributed by atoms with Crippen LogP contribution in [0.4, 0.5) is 11.4 Å². The summed E-state index contributed by atoms with van der Waals surface area (Å²) in [5.41, 5.74) is 1.81. The number of carbonyl (C=O) groups is 3. The zero-order valence-electron chi connectivity index (χ0n) is 18.1. The van der Waals surface area contributed by atoms with Gasteiger partial charge in [-0.25, -0.2) is 14.5 Å². The van der Waals surface area contributed by atoms with Gasteiger partial charge in [0.05, 0.1) is 40.9 Å². The van der Waals surface area contributed by atoms with Crippen molar-refractivity contribution in [3.05, 3.63) is 82.6 Å². The van der Waals surface area contributed by atoms with Gasteiger partial charge in [-0.2, -0.15) is 5.10 Å². The zero-order valence-corrected chi connectivity index (χ0v) is 19.0. The van der Waals surface area contributed by atoms with Gasteiger partial charge in [-0.15, -0.1) is 11.3 Å². The Labute approximate surface area is 198 Å². The van der Waals surface area contributed by atoms with Gasteiger partial charge < -0.3 is 20.1 Å². The number of hydrogen-bond acceptors (Lipinski definition) is 8. The van der Waals surface area contributed by atoms with Crippen LogP contribution in [0.15, 0.2) is 67.3 Å². The first-order valence-corrected chi connectivity index (χ1v) is 10.7. The molecular formula is C23H19N5O5S. The summed E-state index contributed by atoms with van der Waals surface area (Å²) < 4.78 is 11.5. The Morgan fingerprint density at radius 1 is 0.912 bits per heavy atom. The summed E-state index contributed by atoms with van der Waals surface area (Å²) in [4.78, 5) is 42.0. The van der Waals surface area contributed by atoms with Crippen molar-refractivity contribution < 1.29 is 23.9 Å². The van der Waals surface area contributed by atoms with E-state index in [9.17, 15) is 14.4 Å². The summed E-state index contributed by atoms with van der Waals surface area (Å²) in [7, 11) is 2.72. The highest BCUT2D eigenvalue weighted by Gasteiger charge is 2.18. The van der Waals surface area contributed by atoms with E-state index in [-0.39, 0.29) is 17.2 Å². The van der Waals surface area contributed by atoms with Crippen LogP contribution in [0.5, 0.6) is 5.75 Å². The lowest BCUT2D eigenvalue weighted by molar-refractivity contribution is 0.0601. The molecule has 0 spiro atoms. The maximum absolute atomic E-state index is 12.7. The molecule has 0 aliphatic carbocycles. The van der Waals surface area contributed by atoms with Crippen molar-refractivity contribution >= 4 is 40.5 Å². The molecule has 11 heteroatoms. The fourth-order valence-corrected chi connectivity index (χ4v) is 3.83. The molecule has 34 heavy (non-hydrogen) atoms. The first kappa shape index (κ1) is 22.7. The monoisotopic (exact) mass is 477 g/mol. The molecule has 2 aromatic heterocycles. The predicted octanol–water partition coefficient (Wildman–Crippen LogP) is 3.63. The number of thiophene rings is 1. The number of ether oxygens (including phenoxy) is 2. The number of carbonyl (C=O) groups excluding carboxylic acids is 3. The highest BCUT2D eigenvalue weighted by Crippen LogP contribution is 2.25. The van der Waals surface area contributed by atoms with Crippen molar-refractivity contribution in [3.8, 4) is 11.4 Å². The predicted molar refractivity (Wildman–Crippen MR) is 126 cm³/mol. The number of nitrogens with zero attached hydrogens (tertiary/aromatic N) is 3. The lowest BCUT2D eigenvalue weighted by atomic mass is 10.1. The average Bonchev–Trinajstić information content (AvgIpc) is 3.57. The second-order valence-electron chi connectivity index (χ2n) is 6.86. The number of hydrogen-bond donors (Lipinski definition) is 2. The van der Waals surface area contributed by atoms with Gasteiger partial charge in [0.2, 0.25) is 0 Å². The Morgan fingerprint density at radius 2 is 1.62 bits per heavy atom. The molecule has 2 N–H and O–H groups in total. The molecule has 0 unspecified atom stereocenters. The highest BCUT2D eigenvalue weighted by molar-refractivity contribution is 7.16. The number of amides is 2. The zero-order chi connectivity index (χ0) is 24.1. The van der Waals surface area contributed by atoms with Gasteiger partial charge in [0.25, 0.3) is 11.8 Å². The maximum Gasteiger partial charge on any atom is 0.340 e. The average molecular weight is 478 g/mol. The van der Waals surface area contributed by atoms with E-state index in [2.05, 4.69) is 20.7 Å². The van der Waals surface area contributed by atoms with E-state index in [0.29, 0.717) is 21.2 Å². The van der Waals surface area contributed by atoms with Crippen LogP contribution in [-0.4, -0.2) is 46.8 Å². The van der Waals surface area contributed by atoms with E-state index in [1.54, 1.807) is 59.5 Å². The minimum absolute atomic E-state index is 0.152. The molecule has 4 aromatic rings.